The summed E-state index contributed by atoms with van der Waals surface area (Å²) in [6.45, 7) is 6.31. The van der Waals surface area contributed by atoms with Gasteiger partial charge in [-0.1, -0.05) is 38.1 Å². The number of ether oxygens (including phenoxy) is 1. The molecule has 0 atom stereocenters. The van der Waals surface area contributed by atoms with E-state index in [1.165, 1.54) is 0 Å². The second-order valence-corrected chi connectivity index (χ2v) is 7.74. The molecule has 29 heavy (non-hydrogen) atoms. The predicted molar refractivity (Wildman–Crippen MR) is 116 cm³/mol. The summed E-state index contributed by atoms with van der Waals surface area (Å²) >= 11 is 0. The quantitative estimate of drug-likeness (QED) is 0.589. The van der Waals surface area contributed by atoms with Gasteiger partial charge in [-0.2, -0.15) is 4.98 Å². The molecule has 2 aromatic carbocycles. The van der Waals surface area contributed by atoms with Crippen molar-refractivity contribution in [2.24, 2.45) is 5.41 Å². The molecule has 0 aliphatic rings. The largest absolute Gasteiger partial charge is 0.497 e. The molecule has 0 unspecified atom stereocenters. The number of nitrogen functional groups attached to an aromatic ring is 1. The smallest absolute Gasteiger partial charge is 0.255 e. The zero-order chi connectivity index (χ0) is 20.3. The third kappa shape index (κ3) is 5.71. The minimum Gasteiger partial charge on any atom is -0.497 e. The van der Waals surface area contributed by atoms with Crippen molar-refractivity contribution in [1.82, 2.24) is 10.1 Å². The maximum atomic E-state index is 12.7. The zero-order valence-electron chi connectivity index (χ0n) is 16.9. The van der Waals surface area contributed by atoms with Gasteiger partial charge in [0.1, 0.15) is 5.75 Å². The normalized spacial score (nSPS) is 10.9. The standard InChI is InChI=1S/C21H24N4O3.ClH/c1-21(2,3)12-18-24-19(25-28-18)13-6-5-7-14(10-13)20(26)23-17-11-15(27-4)8-9-16(17)22;/h5-11H,12,22H2,1-4H3,(H,23,26);1H. The number of methoxy groups -OCH3 is 1. The summed E-state index contributed by atoms with van der Waals surface area (Å²) in [6.07, 6.45) is 0.676. The molecule has 0 saturated carbocycles. The number of hydrogen-bond acceptors (Lipinski definition) is 6. The molecule has 3 N–H and O–H groups in total. The molecule has 1 aromatic heterocycles. The molecule has 0 radical (unpaired) electrons. The Hall–Kier alpha value is -3.06. The second-order valence-electron chi connectivity index (χ2n) is 7.74. The number of carbonyl (C=O) groups is 1. The minimum absolute atomic E-state index is 0. The van der Waals surface area contributed by atoms with Crippen LogP contribution in [0.4, 0.5) is 11.4 Å². The summed E-state index contributed by atoms with van der Waals surface area (Å²) < 4.78 is 10.5. The number of halogens is 1. The van der Waals surface area contributed by atoms with Gasteiger partial charge in [0.2, 0.25) is 11.7 Å². The molecule has 0 aliphatic carbocycles. The van der Waals surface area contributed by atoms with E-state index in [4.69, 9.17) is 15.0 Å². The number of aromatic nitrogens is 2. The lowest BCUT2D eigenvalue weighted by Gasteiger charge is -2.13. The third-order valence-electron chi connectivity index (χ3n) is 4.04. The lowest BCUT2D eigenvalue weighted by atomic mass is 9.92. The number of nitrogens with one attached hydrogen (secondary N) is 1. The van der Waals surface area contributed by atoms with Crippen LogP contribution in [-0.2, 0) is 6.42 Å². The fraction of sp³-hybridized carbons (Fsp3) is 0.286. The summed E-state index contributed by atoms with van der Waals surface area (Å²) in [7, 11) is 1.55. The predicted octanol–water partition coefficient (Wildman–Crippen LogP) is 4.59. The van der Waals surface area contributed by atoms with Crippen LogP contribution in [0.15, 0.2) is 47.0 Å². The van der Waals surface area contributed by atoms with Crippen LogP contribution in [0, 0.1) is 5.41 Å². The highest BCUT2D eigenvalue weighted by molar-refractivity contribution is 6.06. The first-order chi connectivity index (χ1) is 13.2. The fourth-order valence-corrected chi connectivity index (χ4v) is 2.66. The number of amides is 1. The maximum Gasteiger partial charge on any atom is 0.255 e. The lowest BCUT2D eigenvalue weighted by molar-refractivity contribution is 0.102. The number of rotatable bonds is 5. The number of nitrogens with two attached hydrogens (primary N) is 1. The molecule has 0 aliphatic heterocycles. The van der Waals surface area contributed by atoms with E-state index in [0.717, 1.165) is 0 Å². The average molecular weight is 417 g/mol. The molecule has 0 bridgehead atoms. The highest BCUT2D eigenvalue weighted by Gasteiger charge is 2.18. The second kappa shape index (κ2) is 8.96. The Morgan fingerprint density at radius 2 is 1.97 bits per heavy atom. The summed E-state index contributed by atoms with van der Waals surface area (Å²) in [4.78, 5) is 17.1. The first-order valence-corrected chi connectivity index (χ1v) is 8.93. The van der Waals surface area contributed by atoms with Crippen LogP contribution >= 0.6 is 12.4 Å². The van der Waals surface area contributed by atoms with Gasteiger partial charge in [0.05, 0.1) is 18.5 Å². The van der Waals surface area contributed by atoms with Gasteiger partial charge in [0.25, 0.3) is 5.91 Å². The molecule has 0 fully saturated rings. The lowest BCUT2D eigenvalue weighted by Crippen LogP contribution is -2.13. The molecular formula is C21H25ClN4O3. The number of nitrogens with zero attached hydrogens (tertiary/aromatic N) is 2. The van der Waals surface area contributed by atoms with Crippen molar-refractivity contribution in [2.75, 3.05) is 18.2 Å². The van der Waals surface area contributed by atoms with Crippen molar-refractivity contribution in [3.8, 4) is 17.1 Å². The van der Waals surface area contributed by atoms with Crippen molar-refractivity contribution in [2.45, 2.75) is 27.2 Å². The van der Waals surface area contributed by atoms with Gasteiger partial charge in [-0.3, -0.25) is 4.79 Å². The highest BCUT2D eigenvalue weighted by atomic mass is 35.5. The summed E-state index contributed by atoms with van der Waals surface area (Å²) in [6, 6.07) is 12.1. The average Bonchev–Trinajstić information content (AvgIpc) is 3.10. The molecule has 1 amide bonds. The van der Waals surface area contributed by atoms with E-state index < -0.39 is 0 Å². The maximum absolute atomic E-state index is 12.7. The summed E-state index contributed by atoms with van der Waals surface area (Å²) in [5.41, 5.74) is 8.09. The van der Waals surface area contributed by atoms with Crippen LogP contribution in [-0.4, -0.2) is 23.2 Å². The SMILES string of the molecule is COc1ccc(N)c(NC(=O)c2cccc(-c3noc(CC(C)(C)C)n3)c2)c1.Cl. The van der Waals surface area contributed by atoms with E-state index >= 15 is 0 Å². The number of hydrogen-bond donors (Lipinski definition) is 2. The van der Waals surface area contributed by atoms with Crippen molar-refractivity contribution >= 4 is 29.7 Å². The van der Waals surface area contributed by atoms with Crippen LogP contribution in [0.1, 0.15) is 37.0 Å². The van der Waals surface area contributed by atoms with Gasteiger partial charge in [0.15, 0.2) is 0 Å². The number of carbonyl (C=O) groups excluding carboxylic acids is 1. The van der Waals surface area contributed by atoms with Gasteiger partial charge in [-0.15, -0.1) is 12.4 Å². The first-order valence-electron chi connectivity index (χ1n) is 8.93. The molecule has 1 heterocycles. The summed E-state index contributed by atoms with van der Waals surface area (Å²) in [5, 5.41) is 6.85. The van der Waals surface area contributed by atoms with Crippen LogP contribution in [0.3, 0.4) is 0 Å². The van der Waals surface area contributed by atoms with Crippen molar-refractivity contribution in [1.29, 1.82) is 0 Å². The minimum atomic E-state index is -0.291. The van der Waals surface area contributed by atoms with Crippen molar-refractivity contribution in [3.63, 3.8) is 0 Å². The van der Waals surface area contributed by atoms with E-state index in [-0.39, 0.29) is 23.7 Å². The Labute approximate surface area is 176 Å². The van der Waals surface area contributed by atoms with Gasteiger partial charge < -0.3 is 20.3 Å². The molecule has 7 nitrogen and oxygen atoms in total. The number of benzene rings is 2. The Bertz CT molecular complexity index is 996. The van der Waals surface area contributed by atoms with E-state index in [2.05, 4.69) is 36.2 Å². The zero-order valence-corrected chi connectivity index (χ0v) is 17.7. The monoisotopic (exact) mass is 416 g/mol. The van der Waals surface area contributed by atoms with Gasteiger partial charge in [-0.05, 0) is 29.7 Å². The number of anilines is 2. The van der Waals surface area contributed by atoms with Crippen LogP contribution in [0.5, 0.6) is 5.75 Å². The first kappa shape index (κ1) is 22.2. The van der Waals surface area contributed by atoms with Crippen molar-refractivity contribution < 1.29 is 14.1 Å². The van der Waals surface area contributed by atoms with Crippen LogP contribution < -0.4 is 15.8 Å². The van der Waals surface area contributed by atoms with Crippen LogP contribution in [0.25, 0.3) is 11.4 Å². The van der Waals surface area contributed by atoms with Gasteiger partial charge in [-0.25, -0.2) is 0 Å². The molecule has 154 valence electrons. The topological polar surface area (TPSA) is 103 Å². The molecule has 3 aromatic rings. The van der Waals surface area contributed by atoms with E-state index in [9.17, 15) is 4.79 Å². The van der Waals surface area contributed by atoms with Crippen molar-refractivity contribution in [3.05, 3.63) is 53.9 Å². The Balaban J connectivity index is 0.00000300. The Kier molecular flexibility index (Phi) is 6.87. The van der Waals surface area contributed by atoms with E-state index in [0.29, 0.717) is 46.4 Å². The molecule has 0 spiro atoms. The Morgan fingerprint density at radius 3 is 2.66 bits per heavy atom. The third-order valence-corrected chi connectivity index (χ3v) is 4.04. The van der Waals surface area contributed by atoms with Crippen LogP contribution in [0.2, 0.25) is 0 Å². The van der Waals surface area contributed by atoms with Gasteiger partial charge in [0, 0.05) is 23.6 Å². The molecule has 0 saturated heterocycles. The van der Waals surface area contributed by atoms with Gasteiger partial charge >= 0.3 is 0 Å². The van der Waals surface area contributed by atoms with E-state index in [1.807, 2.05) is 6.07 Å². The van der Waals surface area contributed by atoms with E-state index in [1.54, 1.807) is 43.5 Å². The molecule has 8 heteroatoms. The molecular weight excluding hydrogens is 392 g/mol. The molecule has 3 rings (SSSR count). The summed E-state index contributed by atoms with van der Waals surface area (Å²) in [5.74, 6) is 1.34. The fourth-order valence-electron chi connectivity index (χ4n) is 2.66. The highest BCUT2D eigenvalue weighted by Crippen LogP contribution is 2.26. The Morgan fingerprint density at radius 1 is 1.21 bits per heavy atom.